The maximum Gasteiger partial charge on any atom is 0.289 e. The summed E-state index contributed by atoms with van der Waals surface area (Å²) >= 11 is 0. The van der Waals surface area contributed by atoms with E-state index in [1.165, 1.54) is 39.5 Å². The van der Waals surface area contributed by atoms with Crippen molar-refractivity contribution in [1.29, 1.82) is 0 Å². The van der Waals surface area contributed by atoms with Gasteiger partial charge < -0.3 is 0 Å². The Bertz CT molecular complexity index is 1270. The number of imidazole rings is 1. The van der Waals surface area contributed by atoms with E-state index in [-0.39, 0.29) is 0 Å². The highest BCUT2D eigenvalue weighted by atomic mass is 15.2. The van der Waals surface area contributed by atoms with Crippen LogP contribution in [0, 0.1) is 0 Å². The van der Waals surface area contributed by atoms with Gasteiger partial charge in [-0.1, -0.05) is 109 Å². The van der Waals surface area contributed by atoms with Crippen molar-refractivity contribution in [2.75, 3.05) is 0 Å². The summed E-state index contributed by atoms with van der Waals surface area (Å²) < 4.78 is 4.80. The van der Waals surface area contributed by atoms with Gasteiger partial charge >= 0.3 is 0 Å². The highest BCUT2D eigenvalue weighted by molar-refractivity contribution is 5.79. The van der Waals surface area contributed by atoms with Crippen LogP contribution >= 0.6 is 0 Å². The molecule has 0 bridgehead atoms. The molecule has 0 fully saturated rings. The minimum atomic E-state index is 0.802. The zero-order valence-corrected chi connectivity index (χ0v) is 17.6. The summed E-state index contributed by atoms with van der Waals surface area (Å²) in [5, 5.41) is 0. The molecule has 1 heterocycles. The van der Waals surface area contributed by atoms with Crippen LogP contribution in [0.1, 0.15) is 5.56 Å². The van der Waals surface area contributed by atoms with Crippen LogP contribution in [0.25, 0.3) is 33.9 Å². The number of benzene rings is 4. The molecular formula is C29H25N2+. The number of hydrogen-bond acceptors (Lipinski definition) is 0. The SMILES string of the molecule is Cn1c(-c2ccccc2)c(-c2ccccc2)[n+](Cc2ccccc2)c1-c1ccccc1. The molecule has 0 atom stereocenters. The zero-order valence-electron chi connectivity index (χ0n) is 17.6. The third-order valence-electron chi connectivity index (χ3n) is 5.71. The predicted molar refractivity (Wildman–Crippen MR) is 127 cm³/mol. The van der Waals surface area contributed by atoms with Crippen LogP contribution < -0.4 is 4.57 Å². The second kappa shape index (κ2) is 8.45. The Labute approximate surface area is 183 Å². The van der Waals surface area contributed by atoms with E-state index in [0.29, 0.717) is 0 Å². The molecule has 0 saturated carbocycles. The second-order valence-electron chi connectivity index (χ2n) is 7.75. The monoisotopic (exact) mass is 401 g/mol. The Morgan fingerprint density at radius 1 is 0.548 bits per heavy atom. The lowest BCUT2D eigenvalue weighted by molar-refractivity contribution is -0.665. The van der Waals surface area contributed by atoms with Gasteiger partial charge in [-0.3, -0.25) is 0 Å². The standard InChI is InChI=1S/C29H25N2/c1-30-27(24-16-8-3-9-17-24)28(25-18-10-4-11-19-25)31(22-23-14-6-2-7-15-23)29(30)26-20-12-5-13-21-26/h2-21H,22H2,1H3/q+1. The molecule has 1 aromatic heterocycles. The predicted octanol–water partition coefficient (Wildman–Crippen LogP) is 6.36. The first kappa shape index (κ1) is 19.1. The number of aromatic nitrogens is 2. The van der Waals surface area contributed by atoms with Crippen LogP contribution in [-0.4, -0.2) is 4.57 Å². The highest BCUT2D eigenvalue weighted by Crippen LogP contribution is 2.34. The van der Waals surface area contributed by atoms with Crippen molar-refractivity contribution in [1.82, 2.24) is 4.57 Å². The molecule has 0 unspecified atom stereocenters. The Balaban J connectivity index is 1.85. The van der Waals surface area contributed by atoms with Crippen LogP contribution in [0.3, 0.4) is 0 Å². The molecule has 0 radical (unpaired) electrons. The fourth-order valence-electron chi connectivity index (χ4n) is 4.35. The van der Waals surface area contributed by atoms with E-state index >= 15 is 0 Å². The third kappa shape index (κ3) is 3.69. The van der Waals surface area contributed by atoms with Crippen molar-refractivity contribution in [3.63, 3.8) is 0 Å². The first-order valence-electron chi connectivity index (χ1n) is 10.7. The fraction of sp³-hybridized carbons (Fsp3) is 0.0690. The topological polar surface area (TPSA) is 8.81 Å². The van der Waals surface area contributed by atoms with Crippen molar-refractivity contribution in [3.05, 3.63) is 127 Å². The highest BCUT2D eigenvalue weighted by Gasteiger charge is 2.31. The van der Waals surface area contributed by atoms with Gasteiger partial charge in [0.1, 0.15) is 6.54 Å². The fourth-order valence-corrected chi connectivity index (χ4v) is 4.35. The zero-order chi connectivity index (χ0) is 21.0. The van der Waals surface area contributed by atoms with Gasteiger partial charge in [0.25, 0.3) is 5.82 Å². The number of hydrogen-bond donors (Lipinski definition) is 0. The summed E-state index contributed by atoms with van der Waals surface area (Å²) in [6, 6.07) is 42.8. The van der Waals surface area contributed by atoms with Crippen molar-refractivity contribution < 1.29 is 4.57 Å². The van der Waals surface area contributed by atoms with Crippen molar-refractivity contribution in [2.45, 2.75) is 6.54 Å². The quantitative estimate of drug-likeness (QED) is 0.303. The number of nitrogens with zero attached hydrogens (tertiary/aromatic N) is 2. The Hall–Kier alpha value is -3.91. The van der Waals surface area contributed by atoms with Crippen LogP contribution in [-0.2, 0) is 13.6 Å². The first-order chi connectivity index (χ1) is 15.3. The molecule has 0 aliphatic carbocycles. The van der Waals surface area contributed by atoms with Crippen molar-refractivity contribution in [2.24, 2.45) is 7.05 Å². The van der Waals surface area contributed by atoms with E-state index in [2.05, 4.69) is 138 Å². The Kier molecular flexibility index (Phi) is 5.20. The molecule has 5 aromatic rings. The van der Waals surface area contributed by atoms with E-state index in [4.69, 9.17) is 0 Å². The average molecular weight is 402 g/mol. The lowest BCUT2D eigenvalue weighted by Gasteiger charge is -2.07. The molecule has 0 spiro atoms. The summed E-state index contributed by atoms with van der Waals surface area (Å²) in [6.45, 7) is 0.802. The molecule has 0 saturated heterocycles. The summed E-state index contributed by atoms with van der Waals surface area (Å²) in [4.78, 5) is 0. The van der Waals surface area contributed by atoms with E-state index in [1.807, 2.05) is 0 Å². The minimum Gasteiger partial charge on any atom is -0.225 e. The van der Waals surface area contributed by atoms with Crippen LogP contribution in [0.15, 0.2) is 121 Å². The average Bonchev–Trinajstić information content (AvgIpc) is 3.13. The van der Waals surface area contributed by atoms with E-state index in [9.17, 15) is 0 Å². The van der Waals surface area contributed by atoms with Crippen LogP contribution in [0.5, 0.6) is 0 Å². The van der Waals surface area contributed by atoms with Gasteiger partial charge in [0.05, 0.1) is 12.6 Å². The lowest BCUT2D eigenvalue weighted by atomic mass is 10.0. The third-order valence-corrected chi connectivity index (χ3v) is 5.71. The maximum atomic E-state index is 2.46. The molecule has 0 aliphatic heterocycles. The molecular weight excluding hydrogens is 376 g/mol. The first-order valence-corrected chi connectivity index (χ1v) is 10.7. The smallest absolute Gasteiger partial charge is 0.225 e. The summed E-state index contributed by atoms with van der Waals surface area (Å²) in [5.41, 5.74) is 7.38. The normalized spacial score (nSPS) is 10.9. The summed E-state index contributed by atoms with van der Waals surface area (Å²) in [5.74, 6) is 1.20. The molecule has 31 heavy (non-hydrogen) atoms. The van der Waals surface area contributed by atoms with Crippen molar-refractivity contribution >= 4 is 0 Å². The van der Waals surface area contributed by atoms with Gasteiger partial charge in [0.2, 0.25) is 0 Å². The van der Waals surface area contributed by atoms with Crippen molar-refractivity contribution in [3.8, 4) is 33.9 Å². The molecule has 150 valence electrons. The molecule has 0 amide bonds. The summed E-state index contributed by atoms with van der Waals surface area (Å²) in [6.07, 6.45) is 0. The maximum absolute atomic E-state index is 2.46. The molecule has 2 heteroatoms. The van der Waals surface area contributed by atoms with E-state index in [1.54, 1.807) is 0 Å². The molecule has 0 N–H and O–H groups in total. The molecule has 0 aliphatic rings. The molecule has 4 aromatic carbocycles. The second-order valence-corrected chi connectivity index (χ2v) is 7.75. The number of rotatable bonds is 5. The van der Waals surface area contributed by atoms with Gasteiger partial charge in [-0.25, -0.2) is 9.13 Å². The minimum absolute atomic E-state index is 0.802. The molecule has 2 nitrogen and oxygen atoms in total. The van der Waals surface area contributed by atoms with Gasteiger partial charge in [-0.2, -0.15) is 0 Å². The largest absolute Gasteiger partial charge is 0.289 e. The molecule has 5 rings (SSSR count). The van der Waals surface area contributed by atoms with Gasteiger partial charge in [-0.15, -0.1) is 0 Å². The lowest BCUT2D eigenvalue weighted by Crippen LogP contribution is -2.37. The Morgan fingerprint density at radius 3 is 1.55 bits per heavy atom. The van der Waals surface area contributed by atoms with Gasteiger partial charge in [0, 0.05) is 11.1 Å². The van der Waals surface area contributed by atoms with E-state index in [0.717, 1.165) is 6.54 Å². The Morgan fingerprint density at radius 2 is 1.00 bits per heavy atom. The van der Waals surface area contributed by atoms with Crippen LogP contribution in [0.4, 0.5) is 0 Å². The van der Waals surface area contributed by atoms with E-state index < -0.39 is 0 Å². The van der Waals surface area contributed by atoms with Gasteiger partial charge in [-0.05, 0) is 17.7 Å². The van der Waals surface area contributed by atoms with Gasteiger partial charge in [0.15, 0.2) is 11.4 Å². The van der Waals surface area contributed by atoms with Crippen LogP contribution in [0.2, 0.25) is 0 Å². The summed E-state index contributed by atoms with van der Waals surface area (Å²) in [7, 11) is 2.18.